The Bertz CT molecular complexity index is 547. The summed E-state index contributed by atoms with van der Waals surface area (Å²) in [6.07, 6.45) is 5.87. The van der Waals surface area contributed by atoms with E-state index >= 15 is 0 Å². The Morgan fingerprint density at radius 2 is 1.91 bits per heavy atom. The smallest absolute Gasteiger partial charge is 0.227 e. The molecule has 4 nitrogen and oxygen atoms in total. The summed E-state index contributed by atoms with van der Waals surface area (Å²) in [6.45, 7) is 2.61. The first kappa shape index (κ1) is 15.1. The Balaban J connectivity index is 1.63. The number of carbonyl (C=O) groups excluding carboxylic acids is 2. The molecule has 1 unspecified atom stereocenters. The van der Waals surface area contributed by atoms with Crippen molar-refractivity contribution < 1.29 is 9.59 Å². The van der Waals surface area contributed by atoms with Crippen molar-refractivity contribution in [1.82, 2.24) is 5.32 Å². The average molecular weight is 300 g/mol. The predicted molar refractivity (Wildman–Crippen MR) is 86.7 cm³/mol. The second-order valence-electron chi connectivity index (χ2n) is 6.42. The van der Waals surface area contributed by atoms with Crippen molar-refractivity contribution >= 4 is 17.5 Å². The second-order valence-corrected chi connectivity index (χ2v) is 6.42. The van der Waals surface area contributed by atoms with E-state index in [1.807, 2.05) is 12.1 Å². The van der Waals surface area contributed by atoms with Crippen LogP contribution in [0.1, 0.15) is 44.6 Å². The fraction of sp³-hybridized carbons (Fsp3) is 0.556. The molecule has 1 saturated heterocycles. The Morgan fingerprint density at radius 1 is 1.23 bits per heavy atom. The largest absolute Gasteiger partial charge is 0.353 e. The molecule has 3 rings (SSSR count). The first-order chi connectivity index (χ1) is 10.7. The number of rotatable bonds is 4. The van der Waals surface area contributed by atoms with Crippen molar-refractivity contribution in [3.63, 3.8) is 0 Å². The molecule has 1 aromatic rings. The van der Waals surface area contributed by atoms with E-state index in [2.05, 4.69) is 24.4 Å². The molecule has 4 heteroatoms. The van der Waals surface area contributed by atoms with Crippen LogP contribution in [0.2, 0.25) is 0 Å². The minimum atomic E-state index is -0.209. The van der Waals surface area contributed by atoms with Gasteiger partial charge in [-0.1, -0.05) is 31.9 Å². The zero-order chi connectivity index (χ0) is 15.5. The van der Waals surface area contributed by atoms with E-state index in [1.165, 1.54) is 18.4 Å². The molecule has 22 heavy (non-hydrogen) atoms. The van der Waals surface area contributed by atoms with Gasteiger partial charge in [-0.15, -0.1) is 0 Å². The minimum absolute atomic E-state index is 0.0490. The number of hydrogen-bond acceptors (Lipinski definition) is 2. The Kier molecular flexibility index (Phi) is 4.46. The van der Waals surface area contributed by atoms with Crippen molar-refractivity contribution in [2.75, 3.05) is 11.4 Å². The number of amides is 2. The van der Waals surface area contributed by atoms with Gasteiger partial charge in [0.2, 0.25) is 11.8 Å². The monoisotopic (exact) mass is 300 g/mol. The zero-order valence-electron chi connectivity index (χ0n) is 13.2. The van der Waals surface area contributed by atoms with Crippen LogP contribution >= 0.6 is 0 Å². The molecule has 1 aliphatic carbocycles. The van der Waals surface area contributed by atoms with Gasteiger partial charge in [0.15, 0.2) is 0 Å². The molecule has 2 amide bonds. The van der Waals surface area contributed by atoms with Crippen LogP contribution in [0.4, 0.5) is 5.69 Å². The molecular weight excluding hydrogens is 276 g/mol. The predicted octanol–water partition coefficient (Wildman–Crippen LogP) is 2.66. The third-order valence-electron chi connectivity index (χ3n) is 4.85. The van der Waals surface area contributed by atoms with E-state index in [-0.39, 0.29) is 17.7 Å². The van der Waals surface area contributed by atoms with Gasteiger partial charge in [-0.2, -0.15) is 0 Å². The molecule has 0 bridgehead atoms. The van der Waals surface area contributed by atoms with Gasteiger partial charge in [-0.25, -0.2) is 0 Å². The lowest BCUT2D eigenvalue weighted by Gasteiger charge is -2.18. The van der Waals surface area contributed by atoms with Crippen LogP contribution < -0.4 is 10.2 Å². The van der Waals surface area contributed by atoms with E-state index in [0.717, 1.165) is 24.9 Å². The zero-order valence-corrected chi connectivity index (χ0v) is 13.2. The highest BCUT2D eigenvalue weighted by Crippen LogP contribution is 2.26. The number of nitrogens with zero attached hydrogens (tertiary/aromatic N) is 1. The van der Waals surface area contributed by atoms with Gasteiger partial charge in [-0.05, 0) is 37.0 Å². The van der Waals surface area contributed by atoms with Crippen LogP contribution in [0.5, 0.6) is 0 Å². The lowest BCUT2D eigenvalue weighted by molar-refractivity contribution is -0.126. The molecule has 1 atom stereocenters. The van der Waals surface area contributed by atoms with Gasteiger partial charge < -0.3 is 10.2 Å². The van der Waals surface area contributed by atoms with Crippen molar-refractivity contribution in [2.45, 2.75) is 51.5 Å². The summed E-state index contributed by atoms with van der Waals surface area (Å²) in [5.74, 6) is -0.109. The summed E-state index contributed by atoms with van der Waals surface area (Å²) in [7, 11) is 0. The van der Waals surface area contributed by atoms with Gasteiger partial charge in [0, 0.05) is 24.7 Å². The lowest BCUT2D eigenvalue weighted by atomic mass is 10.1. The van der Waals surface area contributed by atoms with E-state index in [9.17, 15) is 9.59 Å². The molecule has 1 aliphatic heterocycles. The molecule has 0 aromatic heterocycles. The van der Waals surface area contributed by atoms with Crippen LogP contribution in [0.15, 0.2) is 24.3 Å². The van der Waals surface area contributed by atoms with Crippen LogP contribution in [0, 0.1) is 5.92 Å². The maximum Gasteiger partial charge on any atom is 0.227 e. The van der Waals surface area contributed by atoms with Gasteiger partial charge in [-0.3, -0.25) is 9.59 Å². The molecule has 1 heterocycles. The molecule has 1 saturated carbocycles. The van der Waals surface area contributed by atoms with Crippen molar-refractivity contribution in [3.8, 4) is 0 Å². The number of aryl methyl sites for hydroxylation is 1. The van der Waals surface area contributed by atoms with E-state index in [4.69, 9.17) is 0 Å². The highest BCUT2D eigenvalue weighted by atomic mass is 16.2. The first-order valence-electron chi connectivity index (χ1n) is 8.37. The Hall–Kier alpha value is -1.84. The summed E-state index contributed by atoms with van der Waals surface area (Å²) < 4.78 is 0. The minimum Gasteiger partial charge on any atom is -0.353 e. The number of carbonyl (C=O) groups is 2. The summed E-state index contributed by atoms with van der Waals surface area (Å²) in [5, 5.41) is 3.11. The van der Waals surface area contributed by atoms with Crippen molar-refractivity contribution in [1.29, 1.82) is 0 Å². The normalized spacial score (nSPS) is 22.3. The molecule has 118 valence electrons. The van der Waals surface area contributed by atoms with Crippen molar-refractivity contribution in [3.05, 3.63) is 29.8 Å². The Morgan fingerprint density at radius 3 is 2.55 bits per heavy atom. The molecule has 1 aromatic carbocycles. The Labute approximate surface area is 131 Å². The number of hydrogen-bond donors (Lipinski definition) is 1. The van der Waals surface area contributed by atoms with Crippen LogP contribution in [0.3, 0.4) is 0 Å². The molecular formula is C18H24N2O2. The molecule has 0 radical (unpaired) electrons. The van der Waals surface area contributed by atoms with E-state index < -0.39 is 0 Å². The highest BCUT2D eigenvalue weighted by molar-refractivity contribution is 6.00. The van der Waals surface area contributed by atoms with Crippen LogP contribution in [-0.4, -0.2) is 24.4 Å². The number of benzene rings is 1. The standard InChI is InChI=1S/C18H24N2O2/c1-2-13-7-9-16(10-8-13)20-12-14(11-17(20)21)18(22)19-15-5-3-4-6-15/h7-10,14-15H,2-6,11-12H2,1H3,(H,19,22). The second kappa shape index (κ2) is 6.51. The maximum atomic E-state index is 12.3. The van der Waals surface area contributed by atoms with Gasteiger partial charge in [0.25, 0.3) is 0 Å². The van der Waals surface area contributed by atoms with Gasteiger partial charge in [0.1, 0.15) is 0 Å². The van der Waals surface area contributed by atoms with Gasteiger partial charge in [0.05, 0.1) is 5.92 Å². The molecule has 1 N–H and O–H groups in total. The first-order valence-corrected chi connectivity index (χ1v) is 8.37. The lowest BCUT2D eigenvalue weighted by Crippen LogP contribution is -2.38. The van der Waals surface area contributed by atoms with Crippen LogP contribution in [-0.2, 0) is 16.0 Å². The summed E-state index contributed by atoms with van der Waals surface area (Å²) in [4.78, 5) is 26.3. The topological polar surface area (TPSA) is 49.4 Å². The van der Waals surface area contributed by atoms with E-state index in [1.54, 1.807) is 4.90 Å². The summed E-state index contributed by atoms with van der Waals surface area (Å²) in [5.41, 5.74) is 2.16. The maximum absolute atomic E-state index is 12.3. The third kappa shape index (κ3) is 3.16. The van der Waals surface area contributed by atoms with Crippen LogP contribution in [0.25, 0.3) is 0 Å². The summed E-state index contributed by atoms with van der Waals surface area (Å²) >= 11 is 0. The molecule has 2 fully saturated rings. The van der Waals surface area contributed by atoms with E-state index in [0.29, 0.717) is 19.0 Å². The van der Waals surface area contributed by atoms with Gasteiger partial charge >= 0.3 is 0 Å². The molecule has 0 spiro atoms. The fourth-order valence-electron chi connectivity index (χ4n) is 3.43. The summed E-state index contributed by atoms with van der Waals surface area (Å²) in [6, 6.07) is 8.38. The molecule has 2 aliphatic rings. The fourth-order valence-corrected chi connectivity index (χ4v) is 3.43. The van der Waals surface area contributed by atoms with Crippen molar-refractivity contribution in [2.24, 2.45) is 5.92 Å². The SMILES string of the molecule is CCc1ccc(N2CC(C(=O)NC3CCCC3)CC2=O)cc1. The quantitative estimate of drug-likeness (QED) is 0.929. The third-order valence-corrected chi connectivity index (χ3v) is 4.85. The average Bonchev–Trinajstić information content (AvgIpc) is 3.17. The number of nitrogens with one attached hydrogen (secondary N) is 1. The number of anilines is 1. The highest BCUT2D eigenvalue weighted by Gasteiger charge is 2.35.